The summed E-state index contributed by atoms with van der Waals surface area (Å²) in [4.78, 5) is 0. The molecule has 0 bridgehead atoms. The summed E-state index contributed by atoms with van der Waals surface area (Å²) in [6.45, 7) is 4.83. The minimum atomic E-state index is -0.700. The van der Waals surface area contributed by atoms with Crippen molar-refractivity contribution < 1.29 is 9.84 Å². The summed E-state index contributed by atoms with van der Waals surface area (Å²) in [6.07, 6.45) is 3.22. The van der Waals surface area contributed by atoms with E-state index in [1.807, 2.05) is 6.92 Å². The molecule has 0 aliphatic heterocycles. The standard InChI is InChI=1S/C13H22BrN3O2/c1-4-19-13(7-5-9(2)6-8-13)11(18)10-12(14)15-16-17(10)3/h9,11,18H,4-8H2,1-3H3. The van der Waals surface area contributed by atoms with Crippen molar-refractivity contribution in [2.24, 2.45) is 13.0 Å². The van der Waals surface area contributed by atoms with Crippen molar-refractivity contribution in [1.29, 1.82) is 0 Å². The Morgan fingerprint density at radius 2 is 2.16 bits per heavy atom. The molecule has 0 spiro atoms. The third-order valence-corrected chi connectivity index (χ3v) is 4.70. The van der Waals surface area contributed by atoms with Gasteiger partial charge in [-0.1, -0.05) is 12.1 Å². The predicted molar refractivity (Wildman–Crippen MR) is 75.7 cm³/mol. The van der Waals surface area contributed by atoms with Crippen LogP contribution in [-0.4, -0.2) is 32.3 Å². The van der Waals surface area contributed by atoms with E-state index >= 15 is 0 Å². The number of halogens is 1. The van der Waals surface area contributed by atoms with Crippen molar-refractivity contribution >= 4 is 15.9 Å². The molecular weight excluding hydrogens is 310 g/mol. The van der Waals surface area contributed by atoms with Gasteiger partial charge in [0.1, 0.15) is 11.8 Å². The van der Waals surface area contributed by atoms with Gasteiger partial charge in [-0.25, -0.2) is 4.68 Å². The maximum atomic E-state index is 10.8. The Labute approximate surface area is 122 Å². The van der Waals surface area contributed by atoms with Crippen LogP contribution in [-0.2, 0) is 11.8 Å². The lowest BCUT2D eigenvalue weighted by atomic mass is 9.75. The quantitative estimate of drug-likeness (QED) is 0.921. The molecule has 0 aromatic carbocycles. The average molecular weight is 332 g/mol. The molecule has 1 unspecified atom stereocenters. The zero-order chi connectivity index (χ0) is 14.0. The zero-order valence-electron chi connectivity index (χ0n) is 11.8. The fourth-order valence-corrected chi connectivity index (χ4v) is 3.46. The van der Waals surface area contributed by atoms with Crippen molar-refractivity contribution in [3.8, 4) is 0 Å². The molecule has 2 rings (SSSR count). The lowest BCUT2D eigenvalue weighted by Crippen LogP contribution is -2.43. The smallest absolute Gasteiger partial charge is 0.154 e. The van der Waals surface area contributed by atoms with Crippen molar-refractivity contribution in [3.63, 3.8) is 0 Å². The van der Waals surface area contributed by atoms with Crippen LogP contribution in [0.4, 0.5) is 0 Å². The highest BCUT2D eigenvalue weighted by Gasteiger charge is 2.44. The number of aliphatic hydroxyl groups excluding tert-OH is 1. The number of hydrogen-bond acceptors (Lipinski definition) is 4. The number of nitrogens with zero attached hydrogens (tertiary/aromatic N) is 3. The predicted octanol–water partition coefficient (Wildman–Crippen LogP) is 2.60. The minimum Gasteiger partial charge on any atom is -0.384 e. The molecule has 1 N–H and O–H groups in total. The SMILES string of the molecule is CCOC1(C(O)c2c(Br)nnn2C)CCC(C)CC1. The topological polar surface area (TPSA) is 60.2 Å². The molecule has 1 aromatic rings. The Bertz CT molecular complexity index is 408. The molecule has 6 heteroatoms. The van der Waals surface area contributed by atoms with Crippen LogP contribution in [0.15, 0.2) is 4.60 Å². The number of hydrogen-bond donors (Lipinski definition) is 1. The van der Waals surface area contributed by atoms with E-state index in [9.17, 15) is 5.11 Å². The van der Waals surface area contributed by atoms with Gasteiger partial charge in [0.05, 0.1) is 5.60 Å². The summed E-state index contributed by atoms with van der Waals surface area (Å²) in [5, 5.41) is 18.7. The van der Waals surface area contributed by atoms with Gasteiger partial charge in [0.25, 0.3) is 0 Å². The van der Waals surface area contributed by atoms with Crippen LogP contribution < -0.4 is 0 Å². The van der Waals surface area contributed by atoms with Crippen LogP contribution in [0.25, 0.3) is 0 Å². The summed E-state index contributed by atoms with van der Waals surface area (Å²) in [6, 6.07) is 0. The van der Waals surface area contributed by atoms with E-state index in [1.165, 1.54) is 0 Å². The maximum Gasteiger partial charge on any atom is 0.154 e. The van der Waals surface area contributed by atoms with E-state index in [4.69, 9.17) is 4.74 Å². The van der Waals surface area contributed by atoms with E-state index in [2.05, 4.69) is 33.2 Å². The normalized spacial score (nSPS) is 29.4. The van der Waals surface area contributed by atoms with Crippen molar-refractivity contribution in [2.75, 3.05) is 6.61 Å². The van der Waals surface area contributed by atoms with Gasteiger partial charge < -0.3 is 9.84 Å². The third kappa shape index (κ3) is 2.85. The maximum absolute atomic E-state index is 10.8. The Hall–Kier alpha value is -0.460. The number of aliphatic hydroxyl groups is 1. The van der Waals surface area contributed by atoms with E-state index in [0.717, 1.165) is 25.7 Å². The van der Waals surface area contributed by atoms with Gasteiger partial charge in [0.2, 0.25) is 0 Å². The Morgan fingerprint density at radius 3 is 2.63 bits per heavy atom. The molecule has 1 aliphatic carbocycles. The summed E-state index contributed by atoms with van der Waals surface area (Å²) in [5.74, 6) is 0.703. The van der Waals surface area contributed by atoms with E-state index in [-0.39, 0.29) is 0 Å². The van der Waals surface area contributed by atoms with Crippen molar-refractivity contribution in [2.45, 2.75) is 51.2 Å². The van der Waals surface area contributed by atoms with Crippen LogP contribution >= 0.6 is 15.9 Å². The van der Waals surface area contributed by atoms with E-state index in [0.29, 0.717) is 22.8 Å². The molecule has 0 saturated heterocycles. The van der Waals surface area contributed by atoms with Gasteiger partial charge in [-0.05, 0) is 54.5 Å². The second-order valence-corrected chi connectivity index (χ2v) is 6.22. The first-order valence-electron chi connectivity index (χ1n) is 6.87. The minimum absolute atomic E-state index is 0.501. The van der Waals surface area contributed by atoms with Crippen molar-refractivity contribution in [1.82, 2.24) is 15.0 Å². The molecule has 19 heavy (non-hydrogen) atoms. The first-order valence-corrected chi connectivity index (χ1v) is 7.66. The Balaban J connectivity index is 2.29. The molecule has 1 atom stereocenters. The lowest BCUT2D eigenvalue weighted by molar-refractivity contribution is -0.148. The summed E-state index contributed by atoms with van der Waals surface area (Å²) in [5.41, 5.74) is 0.196. The highest BCUT2D eigenvalue weighted by atomic mass is 79.9. The molecule has 0 amide bonds. The fourth-order valence-electron chi connectivity index (χ4n) is 2.91. The van der Waals surface area contributed by atoms with Gasteiger partial charge in [-0.3, -0.25) is 0 Å². The fraction of sp³-hybridized carbons (Fsp3) is 0.846. The summed E-state index contributed by atoms with van der Waals surface area (Å²) in [7, 11) is 1.79. The molecule has 1 saturated carbocycles. The first kappa shape index (κ1) is 14.9. The largest absolute Gasteiger partial charge is 0.384 e. The number of aryl methyl sites for hydroxylation is 1. The second kappa shape index (κ2) is 5.89. The van der Waals surface area contributed by atoms with Gasteiger partial charge in [-0.15, -0.1) is 5.10 Å². The zero-order valence-corrected chi connectivity index (χ0v) is 13.4. The molecule has 1 aromatic heterocycles. The third-order valence-electron chi connectivity index (χ3n) is 4.14. The van der Waals surface area contributed by atoms with Gasteiger partial charge in [0.15, 0.2) is 4.60 Å². The van der Waals surface area contributed by atoms with Crippen LogP contribution in [0, 0.1) is 5.92 Å². The molecular formula is C13H22BrN3O2. The molecule has 5 nitrogen and oxygen atoms in total. The van der Waals surface area contributed by atoms with Crippen LogP contribution in [0.3, 0.4) is 0 Å². The van der Waals surface area contributed by atoms with Crippen LogP contribution in [0.5, 0.6) is 0 Å². The van der Waals surface area contributed by atoms with Gasteiger partial charge in [0, 0.05) is 13.7 Å². The molecule has 108 valence electrons. The highest BCUT2D eigenvalue weighted by Crippen LogP contribution is 2.44. The molecule has 0 radical (unpaired) electrons. The molecule has 1 aliphatic rings. The van der Waals surface area contributed by atoms with Gasteiger partial charge in [-0.2, -0.15) is 0 Å². The summed E-state index contributed by atoms with van der Waals surface area (Å²) < 4.78 is 8.19. The Morgan fingerprint density at radius 1 is 1.53 bits per heavy atom. The van der Waals surface area contributed by atoms with E-state index < -0.39 is 11.7 Å². The number of rotatable bonds is 4. The summed E-state index contributed by atoms with van der Waals surface area (Å²) >= 11 is 3.36. The van der Waals surface area contributed by atoms with E-state index in [1.54, 1.807) is 11.7 Å². The number of aromatic nitrogens is 3. The average Bonchev–Trinajstić information content (AvgIpc) is 2.71. The highest BCUT2D eigenvalue weighted by molar-refractivity contribution is 9.10. The first-order chi connectivity index (χ1) is 9.00. The number of ether oxygens (including phenoxy) is 1. The van der Waals surface area contributed by atoms with Crippen LogP contribution in [0.2, 0.25) is 0 Å². The Kier molecular flexibility index (Phi) is 4.63. The monoisotopic (exact) mass is 331 g/mol. The lowest BCUT2D eigenvalue weighted by Gasteiger charge is -2.42. The molecule has 1 fully saturated rings. The van der Waals surface area contributed by atoms with Crippen LogP contribution in [0.1, 0.15) is 51.3 Å². The second-order valence-electron chi connectivity index (χ2n) is 5.47. The molecule has 1 heterocycles. The van der Waals surface area contributed by atoms with Gasteiger partial charge >= 0.3 is 0 Å². The van der Waals surface area contributed by atoms with Crippen molar-refractivity contribution in [3.05, 3.63) is 10.3 Å².